The van der Waals surface area contributed by atoms with Crippen LogP contribution in [0.25, 0.3) is 0 Å². The lowest BCUT2D eigenvalue weighted by Gasteiger charge is -2.18. The van der Waals surface area contributed by atoms with E-state index in [0.29, 0.717) is 36.9 Å². The summed E-state index contributed by atoms with van der Waals surface area (Å²) in [6.07, 6.45) is -0.241. The number of fused-ring (bicyclic) bond motifs is 2. The predicted octanol–water partition coefficient (Wildman–Crippen LogP) is 1.32. The molecule has 1 aromatic carbocycles. The third-order valence-electron chi connectivity index (χ3n) is 5.62. The molecule has 5 heterocycles. The normalized spacial score (nSPS) is 25.6. The fourth-order valence-electron chi connectivity index (χ4n) is 4.15. The zero-order chi connectivity index (χ0) is 21.5. The zero-order valence-corrected chi connectivity index (χ0v) is 17.6. The standard InChI is InChI=1S/C20H19N5O6S/c26-17(7-12-2-1-5-32-12)21-13-8-27-19-14(9-28-18(13)19)25-20(22-23-24-25)31-11-3-4-15-16(6-11)30-10-29-15/h1-6,13-14,18-19H,7-10H2,(H,21,26)/t13-,14-,18+,19+/m0/s1. The molecule has 1 N–H and O–H groups in total. The van der Waals surface area contributed by atoms with E-state index in [4.69, 9.17) is 23.7 Å². The van der Waals surface area contributed by atoms with E-state index in [1.807, 2.05) is 17.5 Å². The molecule has 0 radical (unpaired) electrons. The summed E-state index contributed by atoms with van der Waals surface area (Å²) in [6, 6.07) is 8.83. The van der Waals surface area contributed by atoms with E-state index in [0.717, 1.165) is 4.88 Å². The van der Waals surface area contributed by atoms with E-state index >= 15 is 0 Å². The van der Waals surface area contributed by atoms with Gasteiger partial charge in [-0.25, -0.2) is 0 Å². The number of aromatic nitrogens is 4. The molecule has 0 unspecified atom stereocenters. The molecule has 2 saturated heterocycles. The van der Waals surface area contributed by atoms with E-state index in [9.17, 15) is 4.79 Å². The molecule has 6 rings (SSSR count). The molecule has 0 aliphatic carbocycles. The van der Waals surface area contributed by atoms with Crippen molar-refractivity contribution in [1.29, 1.82) is 0 Å². The Hall–Kier alpha value is -3.22. The molecule has 3 aromatic rings. The van der Waals surface area contributed by atoms with Crippen molar-refractivity contribution in [2.45, 2.75) is 30.7 Å². The lowest BCUT2D eigenvalue weighted by molar-refractivity contribution is -0.121. The van der Waals surface area contributed by atoms with Crippen molar-refractivity contribution < 1.29 is 28.5 Å². The van der Waals surface area contributed by atoms with Crippen LogP contribution in [0, 0.1) is 0 Å². The van der Waals surface area contributed by atoms with Gasteiger partial charge in [-0.15, -0.1) is 11.3 Å². The SMILES string of the molecule is O=C(Cc1cccs1)N[C@H]1CO[C@H]2[C@@H]1OC[C@@H]2n1nnnc1Oc1ccc2c(c1)OCO2. The second-order valence-corrected chi connectivity index (χ2v) is 8.65. The Kier molecular flexibility index (Phi) is 4.89. The van der Waals surface area contributed by atoms with Crippen molar-refractivity contribution in [3.63, 3.8) is 0 Å². The summed E-state index contributed by atoms with van der Waals surface area (Å²) >= 11 is 1.56. The van der Waals surface area contributed by atoms with Crippen LogP contribution in [0.15, 0.2) is 35.7 Å². The van der Waals surface area contributed by atoms with Crippen molar-refractivity contribution in [2.24, 2.45) is 0 Å². The number of hydrogen-bond donors (Lipinski definition) is 1. The first-order valence-corrected chi connectivity index (χ1v) is 11.0. The summed E-state index contributed by atoms with van der Waals surface area (Å²) in [5.74, 6) is 1.73. The first kappa shape index (κ1) is 19.5. The van der Waals surface area contributed by atoms with E-state index in [1.165, 1.54) is 0 Å². The fraction of sp³-hybridized carbons (Fsp3) is 0.400. The van der Waals surface area contributed by atoms with Gasteiger partial charge in [0.05, 0.1) is 25.7 Å². The lowest BCUT2D eigenvalue weighted by Crippen LogP contribution is -2.44. The number of ether oxygens (including phenoxy) is 5. The minimum atomic E-state index is -0.301. The molecule has 3 aliphatic rings. The summed E-state index contributed by atoms with van der Waals surface area (Å²) in [7, 11) is 0. The van der Waals surface area contributed by atoms with Gasteiger partial charge < -0.3 is 29.0 Å². The highest BCUT2D eigenvalue weighted by Crippen LogP contribution is 2.38. The number of hydrogen-bond acceptors (Lipinski definition) is 10. The van der Waals surface area contributed by atoms with Crippen molar-refractivity contribution in [3.05, 3.63) is 40.6 Å². The minimum absolute atomic E-state index is 0.0528. The van der Waals surface area contributed by atoms with Crippen LogP contribution in [0.4, 0.5) is 0 Å². The topological polar surface area (TPSA) is 119 Å². The maximum atomic E-state index is 12.4. The summed E-state index contributed by atoms with van der Waals surface area (Å²) in [6.45, 7) is 0.888. The molecular formula is C20H19N5O6S. The van der Waals surface area contributed by atoms with Crippen LogP contribution >= 0.6 is 11.3 Å². The molecule has 1 amide bonds. The van der Waals surface area contributed by atoms with Crippen LogP contribution < -0.4 is 19.5 Å². The van der Waals surface area contributed by atoms with Gasteiger partial charge in [-0.1, -0.05) is 11.2 Å². The van der Waals surface area contributed by atoms with E-state index in [-0.39, 0.29) is 43.0 Å². The number of thiophene rings is 1. The van der Waals surface area contributed by atoms with Crippen LogP contribution in [-0.2, 0) is 20.7 Å². The molecule has 32 heavy (non-hydrogen) atoms. The van der Waals surface area contributed by atoms with Gasteiger partial charge in [0.25, 0.3) is 0 Å². The first-order valence-electron chi connectivity index (χ1n) is 10.1. The number of amides is 1. The fourth-order valence-corrected chi connectivity index (χ4v) is 4.85. The third-order valence-corrected chi connectivity index (χ3v) is 6.49. The molecule has 12 heteroatoms. The van der Waals surface area contributed by atoms with Gasteiger partial charge >= 0.3 is 6.01 Å². The molecule has 166 valence electrons. The molecule has 4 atom stereocenters. The monoisotopic (exact) mass is 457 g/mol. The van der Waals surface area contributed by atoms with Crippen LogP contribution in [0.3, 0.4) is 0 Å². The molecule has 3 aliphatic heterocycles. The van der Waals surface area contributed by atoms with Gasteiger partial charge in [-0.2, -0.15) is 4.68 Å². The third kappa shape index (κ3) is 3.55. The maximum Gasteiger partial charge on any atom is 0.341 e. The van der Waals surface area contributed by atoms with Gasteiger partial charge in [0.1, 0.15) is 24.0 Å². The van der Waals surface area contributed by atoms with Crippen molar-refractivity contribution in [1.82, 2.24) is 25.5 Å². The molecule has 0 bridgehead atoms. The van der Waals surface area contributed by atoms with Crippen LogP contribution in [0.5, 0.6) is 23.3 Å². The molecule has 0 spiro atoms. The van der Waals surface area contributed by atoms with Crippen molar-refractivity contribution in [2.75, 3.05) is 20.0 Å². The Morgan fingerprint density at radius 2 is 2.09 bits per heavy atom. The Bertz CT molecular complexity index is 1120. The van der Waals surface area contributed by atoms with Crippen LogP contribution in [0.2, 0.25) is 0 Å². The number of benzene rings is 1. The van der Waals surface area contributed by atoms with E-state index in [1.54, 1.807) is 34.2 Å². The van der Waals surface area contributed by atoms with Gasteiger partial charge in [0.15, 0.2) is 11.5 Å². The average molecular weight is 457 g/mol. The number of tetrazole rings is 1. The zero-order valence-electron chi connectivity index (χ0n) is 16.7. The number of rotatable bonds is 6. The van der Waals surface area contributed by atoms with E-state index < -0.39 is 0 Å². The Morgan fingerprint density at radius 1 is 1.19 bits per heavy atom. The first-order chi connectivity index (χ1) is 15.7. The highest BCUT2D eigenvalue weighted by atomic mass is 32.1. The van der Waals surface area contributed by atoms with Crippen LogP contribution in [-0.4, -0.2) is 64.4 Å². The van der Waals surface area contributed by atoms with Crippen molar-refractivity contribution >= 4 is 17.2 Å². The van der Waals surface area contributed by atoms with Gasteiger partial charge in [0.2, 0.25) is 12.7 Å². The Balaban J connectivity index is 1.13. The molecule has 0 saturated carbocycles. The summed E-state index contributed by atoms with van der Waals surface area (Å²) in [5, 5.41) is 16.8. The molecule has 2 aromatic heterocycles. The molecule has 2 fully saturated rings. The van der Waals surface area contributed by atoms with Crippen molar-refractivity contribution in [3.8, 4) is 23.3 Å². The Morgan fingerprint density at radius 3 is 3.00 bits per heavy atom. The second-order valence-electron chi connectivity index (χ2n) is 7.62. The summed E-state index contributed by atoms with van der Waals surface area (Å²) < 4.78 is 30.1. The minimum Gasteiger partial charge on any atom is -0.454 e. The van der Waals surface area contributed by atoms with Gasteiger partial charge in [-0.05, 0) is 34.0 Å². The largest absolute Gasteiger partial charge is 0.454 e. The molecule has 11 nitrogen and oxygen atoms in total. The number of nitrogens with zero attached hydrogens (tertiary/aromatic N) is 4. The summed E-state index contributed by atoms with van der Waals surface area (Å²) in [4.78, 5) is 13.4. The quantitative estimate of drug-likeness (QED) is 0.584. The smallest absolute Gasteiger partial charge is 0.341 e. The molecular weight excluding hydrogens is 438 g/mol. The highest BCUT2D eigenvalue weighted by Gasteiger charge is 2.50. The van der Waals surface area contributed by atoms with Crippen LogP contribution in [0.1, 0.15) is 10.9 Å². The van der Waals surface area contributed by atoms with Gasteiger partial charge in [0, 0.05) is 10.9 Å². The summed E-state index contributed by atoms with van der Waals surface area (Å²) in [5.41, 5.74) is 0. The highest BCUT2D eigenvalue weighted by molar-refractivity contribution is 7.10. The predicted molar refractivity (Wildman–Crippen MR) is 109 cm³/mol. The second kappa shape index (κ2) is 8.04. The maximum absolute atomic E-state index is 12.4. The average Bonchev–Trinajstić information content (AvgIpc) is 3.59. The number of nitrogens with one attached hydrogen (secondary N) is 1. The number of carbonyl (C=O) groups excluding carboxylic acids is 1. The van der Waals surface area contributed by atoms with E-state index in [2.05, 4.69) is 20.8 Å². The lowest BCUT2D eigenvalue weighted by atomic mass is 10.1. The number of carbonyl (C=O) groups is 1. The van der Waals surface area contributed by atoms with Gasteiger partial charge in [-0.3, -0.25) is 4.79 Å². The Labute approximate surface area is 186 Å².